The van der Waals surface area contributed by atoms with E-state index in [2.05, 4.69) is 58.8 Å². The molecule has 1 unspecified atom stereocenters. The maximum atomic E-state index is 6.22. The summed E-state index contributed by atoms with van der Waals surface area (Å²) in [6.45, 7) is 2.07. The van der Waals surface area contributed by atoms with E-state index in [0.717, 1.165) is 12.0 Å². The number of nitrogens with zero attached hydrogens (tertiary/aromatic N) is 1. The molecule has 1 atom stereocenters. The fourth-order valence-electron chi connectivity index (χ4n) is 1.85. The molecule has 1 aromatic carbocycles. The van der Waals surface area contributed by atoms with E-state index >= 15 is 0 Å². The van der Waals surface area contributed by atoms with Crippen LogP contribution in [0.25, 0.3) is 0 Å². The van der Waals surface area contributed by atoms with Gasteiger partial charge in [-0.15, -0.1) is 0 Å². The van der Waals surface area contributed by atoms with Gasteiger partial charge in [0.25, 0.3) is 0 Å². The Bertz CT molecular complexity index is 494. The molecule has 1 aromatic heterocycles. The van der Waals surface area contributed by atoms with Crippen molar-refractivity contribution in [2.45, 2.75) is 19.4 Å². The lowest BCUT2D eigenvalue weighted by Crippen LogP contribution is -2.14. The van der Waals surface area contributed by atoms with Crippen LogP contribution in [0.3, 0.4) is 0 Å². The fraction of sp³-hybridized carbons (Fsp3) is 0.214. The van der Waals surface area contributed by atoms with E-state index in [1.807, 2.05) is 12.3 Å². The Balaban J connectivity index is 2.14. The summed E-state index contributed by atoms with van der Waals surface area (Å²) in [5.74, 6) is 0. The SMILES string of the molecule is Cc1ccncc1C(N)Cc1ccc(I)cc1. The van der Waals surface area contributed by atoms with Gasteiger partial charge in [0.15, 0.2) is 0 Å². The average Bonchev–Trinajstić information content (AvgIpc) is 2.32. The van der Waals surface area contributed by atoms with Gasteiger partial charge in [-0.2, -0.15) is 0 Å². The maximum Gasteiger partial charge on any atom is 0.0353 e. The lowest BCUT2D eigenvalue weighted by Gasteiger charge is -2.14. The molecule has 88 valence electrons. The fourth-order valence-corrected chi connectivity index (χ4v) is 2.21. The Morgan fingerprint density at radius 3 is 2.59 bits per heavy atom. The summed E-state index contributed by atoms with van der Waals surface area (Å²) in [6, 6.07) is 10.5. The summed E-state index contributed by atoms with van der Waals surface area (Å²) in [4.78, 5) is 4.14. The Hall–Kier alpha value is -0.940. The first kappa shape index (κ1) is 12.5. The molecule has 0 bridgehead atoms. The molecule has 0 amide bonds. The maximum absolute atomic E-state index is 6.22. The first-order chi connectivity index (χ1) is 8.16. The van der Waals surface area contributed by atoms with Gasteiger partial charge in [0, 0.05) is 22.0 Å². The van der Waals surface area contributed by atoms with Gasteiger partial charge in [0.2, 0.25) is 0 Å². The molecule has 1 heterocycles. The second-order valence-corrected chi connectivity index (χ2v) is 5.41. The van der Waals surface area contributed by atoms with Crippen LogP contribution in [0.5, 0.6) is 0 Å². The monoisotopic (exact) mass is 338 g/mol. The lowest BCUT2D eigenvalue weighted by atomic mass is 9.98. The van der Waals surface area contributed by atoms with Crippen LogP contribution < -0.4 is 5.73 Å². The summed E-state index contributed by atoms with van der Waals surface area (Å²) in [5, 5.41) is 0. The predicted octanol–water partition coefficient (Wildman–Crippen LogP) is 3.24. The molecule has 2 aromatic rings. The van der Waals surface area contributed by atoms with Gasteiger partial charge < -0.3 is 5.73 Å². The van der Waals surface area contributed by atoms with Crippen molar-refractivity contribution in [2.24, 2.45) is 5.73 Å². The number of halogens is 1. The smallest absolute Gasteiger partial charge is 0.0353 e. The first-order valence-electron chi connectivity index (χ1n) is 5.57. The molecule has 2 nitrogen and oxygen atoms in total. The topological polar surface area (TPSA) is 38.9 Å². The van der Waals surface area contributed by atoms with Crippen molar-refractivity contribution in [1.29, 1.82) is 0 Å². The van der Waals surface area contributed by atoms with Crippen LogP contribution in [-0.2, 0) is 6.42 Å². The van der Waals surface area contributed by atoms with Crippen LogP contribution in [0.4, 0.5) is 0 Å². The van der Waals surface area contributed by atoms with Gasteiger partial charge in [-0.05, 0) is 70.8 Å². The van der Waals surface area contributed by atoms with Crippen molar-refractivity contribution in [3.05, 3.63) is 63.0 Å². The lowest BCUT2D eigenvalue weighted by molar-refractivity contribution is 0.712. The number of hydrogen-bond acceptors (Lipinski definition) is 2. The minimum Gasteiger partial charge on any atom is -0.324 e. The zero-order chi connectivity index (χ0) is 12.3. The number of hydrogen-bond donors (Lipinski definition) is 1. The highest BCUT2D eigenvalue weighted by atomic mass is 127. The van der Waals surface area contributed by atoms with Crippen LogP contribution >= 0.6 is 22.6 Å². The van der Waals surface area contributed by atoms with Crippen molar-refractivity contribution >= 4 is 22.6 Å². The van der Waals surface area contributed by atoms with Crippen molar-refractivity contribution in [1.82, 2.24) is 4.98 Å². The summed E-state index contributed by atoms with van der Waals surface area (Å²) < 4.78 is 1.25. The van der Waals surface area contributed by atoms with Gasteiger partial charge in [0.1, 0.15) is 0 Å². The highest BCUT2D eigenvalue weighted by Crippen LogP contribution is 2.19. The first-order valence-corrected chi connectivity index (χ1v) is 6.65. The molecule has 3 heteroatoms. The summed E-state index contributed by atoms with van der Waals surface area (Å²) in [6.07, 6.45) is 4.52. The van der Waals surface area contributed by atoms with Crippen molar-refractivity contribution in [2.75, 3.05) is 0 Å². The van der Waals surface area contributed by atoms with E-state index in [0.29, 0.717) is 0 Å². The quantitative estimate of drug-likeness (QED) is 0.873. The van der Waals surface area contributed by atoms with Gasteiger partial charge in [0.05, 0.1) is 0 Å². The van der Waals surface area contributed by atoms with Crippen LogP contribution in [0, 0.1) is 10.5 Å². The van der Waals surface area contributed by atoms with Gasteiger partial charge in [-0.3, -0.25) is 4.98 Å². The highest BCUT2D eigenvalue weighted by Gasteiger charge is 2.09. The molecule has 2 N–H and O–H groups in total. The zero-order valence-corrected chi connectivity index (χ0v) is 11.9. The number of aryl methyl sites for hydroxylation is 1. The number of benzene rings is 1. The van der Waals surface area contributed by atoms with E-state index < -0.39 is 0 Å². The molecule has 0 saturated heterocycles. The van der Waals surface area contributed by atoms with Crippen LogP contribution in [0.1, 0.15) is 22.7 Å². The molecule has 0 aliphatic heterocycles. The third kappa shape index (κ3) is 3.26. The number of nitrogens with two attached hydrogens (primary N) is 1. The summed E-state index contributed by atoms with van der Waals surface area (Å²) >= 11 is 2.31. The summed E-state index contributed by atoms with van der Waals surface area (Å²) in [5.41, 5.74) is 9.83. The van der Waals surface area contributed by atoms with Gasteiger partial charge in [-0.25, -0.2) is 0 Å². The Kier molecular flexibility index (Phi) is 4.12. The molecule has 17 heavy (non-hydrogen) atoms. The molecular weight excluding hydrogens is 323 g/mol. The van der Waals surface area contributed by atoms with E-state index in [4.69, 9.17) is 5.73 Å². The van der Waals surface area contributed by atoms with Gasteiger partial charge in [-0.1, -0.05) is 12.1 Å². The van der Waals surface area contributed by atoms with Crippen molar-refractivity contribution in [3.63, 3.8) is 0 Å². The Morgan fingerprint density at radius 2 is 1.94 bits per heavy atom. The van der Waals surface area contributed by atoms with E-state index in [9.17, 15) is 0 Å². The number of rotatable bonds is 3. The standard InChI is InChI=1S/C14H15IN2/c1-10-6-7-17-9-13(10)14(16)8-11-2-4-12(15)5-3-11/h2-7,9,14H,8,16H2,1H3. The predicted molar refractivity (Wildman–Crippen MR) is 78.8 cm³/mol. The molecule has 0 radical (unpaired) electrons. The number of pyridine rings is 1. The highest BCUT2D eigenvalue weighted by molar-refractivity contribution is 14.1. The van der Waals surface area contributed by atoms with Crippen LogP contribution in [-0.4, -0.2) is 4.98 Å². The molecule has 0 aliphatic rings. The van der Waals surface area contributed by atoms with E-state index in [1.54, 1.807) is 6.20 Å². The molecule has 0 fully saturated rings. The number of aromatic nitrogens is 1. The third-order valence-electron chi connectivity index (χ3n) is 2.85. The molecular formula is C14H15IN2. The van der Waals surface area contributed by atoms with Crippen LogP contribution in [0.2, 0.25) is 0 Å². The van der Waals surface area contributed by atoms with Crippen LogP contribution in [0.15, 0.2) is 42.7 Å². The largest absolute Gasteiger partial charge is 0.324 e. The average molecular weight is 338 g/mol. The minimum atomic E-state index is 0.0174. The molecule has 0 aliphatic carbocycles. The van der Waals surface area contributed by atoms with Gasteiger partial charge >= 0.3 is 0 Å². The Morgan fingerprint density at radius 1 is 1.24 bits per heavy atom. The van der Waals surface area contributed by atoms with Crippen molar-refractivity contribution < 1.29 is 0 Å². The second kappa shape index (κ2) is 5.60. The Labute approximate surface area is 115 Å². The zero-order valence-electron chi connectivity index (χ0n) is 9.73. The normalized spacial score (nSPS) is 12.4. The van der Waals surface area contributed by atoms with Crippen molar-refractivity contribution in [3.8, 4) is 0 Å². The third-order valence-corrected chi connectivity index (χ3v) is 3.57. The molecule has 2 rings (SSSR count). The molecule has 0 saturated carbocycles. The minimum absolute atomic E-state index is 0.0174. The summed E-state index contributed by atoms with van der Waals surface area (Å²) in [7, 11) is 0. The molecule has 0 spiro atoms. The van der Waals surface area contributed by atoms with E-state index in [1.165, 1.54) is 14.7 Å². The second-order valence-electron chi connectivity index (χ2n) is 4.17. The van der Waals surface area contributed by atoms with E-state index in [-0.39, 0.29) is 6.04 Å².